The Labute approximate surface area is 179 Å². The number of para-hydroxylation sites is 1. The predicted octanol–water partition coefficient (Wildman–Crippen LogP) is 1.07. The van der Waals surface area contributed by atoms with Gasteiger partial charge in [-0.25, -0.2) is 0 Å². The summed E-state index contributed by atoms with van der Waals surface area (Å²) in [5.41, 5.74) is 3.12. The van der Waals surface area contributed by atoms with Crippen LogP contribution < -0.4 is 10.6 Å². The molecule has 1 aromatic carbocycles. The van der Waals surface area contributed by atoms with E-state index in [1.807, 2.05) is 32.0 Å². The van der Waals surface area contributed by atoms with E-state index in [1.54, 1.807) is 0 Å². The number of hydrogen-bond donors (Lipinski definition) is 2. The van der Waals surface area contributed by atoms with Gasteiger partial charge in [-0.2, -0.15) is 0 Å². The fourth-order valence-corrected chi connectivity index (χ4v) is 4.04. The first kappa shape index (κ1) is 22.0. The van der Waals surface area contributed by atoms with E-state index in [9.17, 15) is 4.79 Å². The number of ether oxygens (including phenoxy) is 1. The molecule has 1 amide bonds. The molecule has 0 spiro atoms. The lowest BCUT2D eigenvalue weighted by Crippen LogP contribution is -2.53. The first-order valence-electron chi connectivity index (χ1n) is 10.4. The van der Waals surface area contributed by atoms with Gasteiger partial charge in [-0.15, -0.1) is 0 Å². The fourth-order valence-electron chi connectivity index (χ4n) is 3.76. The van der Waals surface area contributed by atoms with Gasteiger partial charge in [-0.3, -0.25) is 14.6 Å². The van der Waals surface area contributed by atoms with Gasteiger partial charge in [0, 0.05) is 58.0 Å². The number of carbonyl (C=O) groups is 1. The Morgan fingerprint density at radius 3 is 2.34 bits per heavy atom. The summed E-state index contributed by atoms with van der Waals surface area (Å²) in [5, 5.41) is 7.27. The monoisotopic (exact) mass is 419 g/mol. The van der Waals surface area contributed by atoms with Crippen molar-refractivity contribution in [3.8, 4) is 0 Å². The lowest BCUT2D eigenvalue weighted by molar-refractivity contribution is -0.117. The van der Waals surface area contributed by atoms with Crippen LogP contribution in [0.25, 0.3) is 0 Å². The van der Waals surface area contributed by atoms with Crippen LogP contribution in [0.3, 0.4) is 0 Å². The third kappa shape index (κ3) is 6.64. The highest BCUT2D eigenvalue weighted by Crippen LogP contribution is 2.19. The van der Waals surface area contributed by atoms with Crippen molar-refractivity contribution in [2.24, 2.45) is 0 Å². The zero-order valence-electron chi connectivity index (χ0n) is 17.6. The van der Waals surface area contributed by atoms with Gasteiger partial charge in [-0.1, -0.05) is 18.2 Å². The second-order valence-electron chi connectivity index (χ2n) is 7.76. The largest absolute Gasteiger partial charge is 0.379 e. The lowest BCUT2D eigenvalue weighted by Gasteiger charge is -2.36. The zero-order chi connectivity index (χ0) is 20.6. The van der Waals surface area contributed by atoms with E-state index in [4.69, 9.17) is 17.0 Å². The van der Waals surface area contributed by atoms with Crippen molar-refractivity contribution in [3.63, 3.8) is 0 Å². The molecule has 8 heteroatoms. The molecule has 29 heavy (non-hydrogen) atoms. The number of nitrogens with one attached hydrogen (secondary N) is 2. The van der Waals surface area contributed by atoms with Crippen molar-refractivity contribution in [2.75, 3.05) is 77.4 Å². The van der Waals surface area contributed by atoms with Gasteiger partial charge in [0.2, 0.25) is 5.91 Å². The second-order valence-corrected chi connectivity index (χ2v) is 8.15. The second kappa shape index (κ2) is 10.9. The van der Waals surface area contributed by atoms with Crippen molar-refractivity contribution in [1.82, 2.24) is 20.0 Å². The van der Waals surface area contributed by atoms with Crippen LogP contribution in [0, 0.1) is 13.8 Å². The molecule has 2 N–H and O–H groups in total. The van der Waals surface area contributed by atoms with Crippen molar-refractivity contribution in [1.29, 1.82) is 0 Å². The average molecular weight is 420 g/mol. The number of amides is 1. The van der Waals surface area contributed by atoms with Crippen LogP contribution in [0.5, 0.6) is 0 Å². The van der Waals surface area contributed by atoms with E-state index in [2.05, 4.69) is 25.3 Å². The smallest absolute Gasteiger partial charge is 0.238 e. The van der Waals surface area contributed by atoms with E-state index in [1.165, 1.54) is 0 Å². The predicted molar refractivity (Wildman–Crippen MR) is 120 cm³/mol. The Hall–Kier alpha value is -1.74. The quantitative estimate of drug-likeness (QED) is 0.669. The molecule has 2 heterocycles. The minimum atomic E-state index is 0.0436. The maximum absolute atomic E-state index is 12.5. The number of benzene rings is 1. The van der Waals surface area contributed by atoms with Crippen LogP contribution in [0.2, 0.25) is 0 Å². The van der Waals surface area contributed by atoms with Gasteiger partial charge >= 0.3 is 0 Å². The van der Waals surface area contributed by atoms with Crippen molar-refractivity contribution in [2.45, 2.75) is 13.8 Å². The molecule has 2 fully saturated rings. The highest BCUT2D eigenvalue weighted by molar-refractivity contribution is 7.80. The number of aryl methyl sites for hydroxylation is 2. The molecule has 0 radical (unpaired) electrons. The minimum Gasteiger partial charge on any atom is -0.379 e. The summed E-state index contributed by atoms with van der Waals surface area (Å²) in [5.74, 6) is 0.0436. The Kier molecular flexibility index (Phi) is 8.23. The molecular weight excluding hydrogens is 386 g/mol. The molecule has 3 rings (SSSR count). The third-order valence-corrected chi connectivity index (χ3v) is 5.98. The Morgan fingerprint density at radius 1 is 1.03 bits per heavy atom. The highest BCUT2D eigenvalue weighted by atomic mass is 32.1. The molecule has 0 unspecified atom stereocenters. The first-order valence-corrected chi connectivity index (χ1v) is 10.8. The lowest BCUT2D eigenvalue weighted by atomic mass is 10.1. The highest BCUT2D eigenvalue weighted by Gasteiger charge is 2.21. The van der Waals surface area contributed by atoms with Crippen LogP contribution in [0.1, 0.15) is 11.1 Å². The normalized spacial score (nSPS) is 18.5. The van der Waals surface area contributed by atoms with Gasteiger partial charge in [0.1, 0.15) is 0 Å². The maximum Gasteiger partial charge on any atom is 0.238 e. The molecule has 2 aliphatic heterocycles. The van der Waals surface area contributed by atoms with Gasteiger partial charge in [-0.05, 0) is 37.2 Å². The van der Waals surface area contributed by atoms with E-state index < -0.39 is 0 Å². The molecule has 160 valence electrons. The summed E-state index contributed by atoms with van der Waals surface area (Å²) < 4.78 is 5.38. The molecule has 1 aromatic rings. The SMILES string of the molecule is Cc1cccc(C)c1NC(=O)CN1CCN(C(=S)NCCN2CCOCC2)CC1. The van der Waals surface area contributed by atoms with Crippen LogP contribution >= 0.6 is 12.2 Å². The third-order valence-electron chi connectivity index (χ3n) is 5.58. The molecule has 0 bridgehead atoms. The minimum absolute atomic E-state index is 0.0436. The van der Waals surface area contributed by atoms with Crippen molar-refractivity contribution in [3.05, 3.63) is 29.3 Å². The number of morpholine rings is 1. The fraction of sp³-hybridized carbons (Fsp3) is 0.619. The van der Waals surface area contributed by atoms with Crippen molar-refractivity contribution < 1.29 is 9.53 Å². The summed E-state index contributed by atoms with van der Waals surface area (Å²) in [7, 11) is 0. The number of carbonyl (C=O) groups excluding carboxylic acids is 1. The van der Waals surface area contributed by atoms with Crippen LogP contribution in [0.4, 0.5) is 5.69 Å². The van der Waals surface area contributed by atoms with E-state index in [0.29, 0.717) is 6.54 Å². The standard InChI is InChI=1S/C21H33N5O2S/c1-17-4-3-5-18(2)20(17)23-19(27)16-25-8-10-26(11-9-25)21(29)22-6-7-24-12-14-28-15-13-24/h3-5H,6-16H2,1-2H3,(H,22,29)(H,23,27). The van der Waals surface area contributed by atoms with Crippen molar-refractivity contribution >= 4 is 28.9 Å². The van der Waals surface area contributed by atoms with Crippen LogP contribution in [-0.2, 0) is 9.53 Å². The van der Waals surface area contributed by atoms with Gasteiger partial charge < -0.3 is 20.3 Å². The number of rotatable bonds is 6. The van der Waals surface area contributed by atoms with Gasteiger partial charge in [0.05, 0.1) is 19.8 Å². The van der Waals surface area contributed by atoms with E-state index in [0.717, 1.165) is 87.5 Å². The molecule has 2 aliphatic rings. The maximum atomic E-state index is 12.5. The molecular formula is C21H33N5O2S. The molecule has 0 saturated carbocycles. The Morgan fingerprint density at radius 2 is 1.69 bits per heavy atom. The summed E-state index contributed by atoms with van der Waals surface area (Å²) in [6, 6.07) is 6.06. The van der Waals surface area contributed by atoms with Crippen LogP contribution in [-0.4, -0.2) is 97.8 Å². The molecule has 0 atom stereocenters. The Balaban J connectivity index is 1.35. The van der Waals surface area contributed by atoms with E-state index >= 15 is 0 Å². The van der Waals surface area contributed by atoms with Gasteiger partial charge in [0.25, 0.3) is 0 Å². The van der Waals surface area contributed by atoms with Gasteiger partial charge in [0.15, 0.2) is 5.11 Å². The number of anilines is 1. The van der Waals surface area contributed by atoms with Crippen LogP contribution in [0.15, 0.2) is 18.2 Å². The first-order chi connectivity index (χ1) is 14.0. The number of nitrogens with zero attached hydrogens (tertiary/aromatic N) is 3. The number of thiocarbonyl (C=S) groups is 1. The molecule has 7 nitrogen and oxygen atoms in total. The Bertz CT molecular complexity index is 680. The summed E-state index contributed by atoms with van der Waals surface area (Å²) in [4.78, 5) is 19.3. The zero-order valence-corrected chi connectivity index (χ0v) is 18.4. The number of piperazine rings is 1. The topological polar surface area (TPSA) is 60.1 Å². The number of hydrogen-bond acceptors (Lipinski definition) is 5. The molecule has 0 aromatic heterocycles. The van der Waals surface area contributed by atoms with E-state index in [-0.39, 0.29) is 5.91 Å². The average Bonchev–Trinajstić information content (AvgIpc) is 2.72. The summed E-state index contributed by atoms with van der Waals surface area (Å²) in [6.45, 7) is 13.3. The molecule has 0 aliphatic carbocycles. The summed E-state index contributed by atoms with van der Waals surface area (Å²) >= 11 is 5.56. The summed E-state index contributed by atoms with van der Waals surface area (Å²) in [6.07, 6.45) is 0. The molecule has 2 saturated heterocycles.